The number of aromatic hydroxyl groups is 1. The predicted octanol–water partition coefficient (Wildman–Crippen LogP) is 0.992. The molecule has 0 amide bonds. The Balaban J connectivity index is 2.30. The maximum atomic E-state index is 11.8. The average molecular weight is 336 g/mol. The van der Waals surface area contributed by atoms with Gasteiger partial charge in [-0.1, -0.05) is 6.08 Å². The molecule has 8 nitrogen and oxygen atoms in total. The minimum atomic E-state index is -0.624. The lowest BCUT2D eigenvalue weighted by Crippen LogP contribution is -2.07. The van der Waals surface area contributed by atoms with Gasteiger partial charge in [-0.15, -0.1) is 0 Å². The lowest BCUT2D eigenvalue weighted by atomic mass is 9.98. The minimum Gasteiger partial charge on any atom is -0.507 e. The summed E-state index contributed by atoms with van der Waals surface area (Å²) in [4.78, 5) is 22.9. The standard InChI is InChI=1S/C16H20N2O6/c1-22-11(19)6-4-8(17)3-5-9-14(20)12-10(7-24-16(12)21)13(18)15(9)23-2/h3,20H,4-7,17-18H2,1-2H3/b8-3-. The molecule has 0 aromatic heterocycles. The molecule has 0 saturated heterocycles. The first-order chi connectivity index (χ1) is 11.4. The Kier molecular flexibility index (Phi) is 5.18. The van der Waals surface area contributed by atoms with Gasteiger partial charge in [0.1, 0.15) is 23.7 Å². The molecular formula is C16H20N2O6. The monoisotopic (exact) mass is 336 g/mol. The third-order valence-electron chi connectivity index (χ3n) is 3.84. The lowest BCUT2D eigenvalue weighted by Gasteiger charge is -2.15. The number of carbonyl (C=O) groups is 2. The number of methoxy groups -OCH3 is 2. The van der Waals surface area contributed by atoms with Crippen molar-refractivity contribution in [2.75, 3.05) is 20.0 Å². The number of hydrogen-bond acceptors (Lipinski definition) is 8. The van der Waals surface area contributed by atoms with Gasteiger partial charge < -0.3 is 30.8 Å². The van der Waals surface area contributed by atoms with E-state index in [1.165, 1.54) is 14.2 Å². The van der Waals surface area contributed by atoms with Crippen LogP contribution in [0.2, 0.25) is 0 Å². The van der Waals surface area contributed by atoms with Gasteiger partial charge in [0, 0.05) is 16.8 Å². The number of nitrogens with two attached hydrogens (primary N) is 2. The molecule has 8 heteroatoms. The number of rotatable bonds is 6. The van der Waals surface area contributed by atoms with Gasteiger partial charge in [0.25, 0.3) is 0 Å². The van der Waals surface area contributed by atoms with Crippen LogP contribution in [0.1, 0.15) is 34.3 Å². The van der Waals surface area contributed by atoms with E-state index in [-0.39, 0.29) is 48.2 Å². The molecule has 1 aromatic carbocycles. The van der Waals surface area contributed by atoms with Gasteiger partial charge in [-0.2, -0.15) is 0 Å². The molecule has 0 unspecified atom stereocenters. The molecule has 1 heterocycles. The normalized spacial score (nSPS) is 13.4. The average Bonchev–Trinajstić information content (AvgIpc) is 2.96. The largest absolute Gasteiger partial charge is 0.507 e. The first kappa shape index (κ1) is 17.5. The van der Waals surface area contributed by atoms with Crippen molar-refractivity contribution in [1.29, 1.82) is 0 Å². The summed E-state index contributed by atoms with van der Waals surface area (Å²) in [6.07, 6.45) is 2.29. The molecule has 130 valence electrons. The lowest BCUT2D eigenvalue weighted by molar-refractivity contribution is -0.140. The van der Waals surface area contributed by atoms with Gasteiger partial charge in [0.15, 0.2) is 0 Å². The second-order valence-electron chi connectivity index (χ2n) is 5.26. The van der Waals surface area contributed by atoms with Crippen molar-refractivity contribution in [1.82, 2.24) is 0 Å². The Labute approximate surface area is 139 Å². The van der Waals surface area contributed by atoms with Crippen molar-refractivity contribution >= 4 is 17.6 Å². The molecule has 1 aliphatic rings. The van der Waals surface area contributed by atoms with Crippen LogP contribution in [0.5, 0.6) is 11.5 Å². The summed E-state index contributed by atoms with van der Waals surface area (Å²) in [5, 5.41) is 10.4. The summed E-state index contributed by atoms with van der Waals surface area (Å²) < 4.78 is 14.7. The number of cyclic esters (lactones) is 1. The van der Waals surface area contributed by atoms with Crippen molar-refractivity contribution in [2.45, 2.75) is 25.9 Å². The van der Waals surface area contributed by atoms with Crippen molar-refractivity contribution in [3.8, 4) is 11.5 Å². The smallest absolute Gasteiger partial charge is 0.342 e. The molecule has 0 spiro atoms. The highest BCUT2D eigenvalue weighted by Gasteiger charge is 2.32. The fourth-order valence-corrected chi connectivity index (χ4v) is 2.52. The SMILES string of the molecule is COC(=O)CC/C(N)=C/Cc1c(O)c2c(c(N)c1OC)COC2=O. The molecule has 0 atom stereocenters. The zero-order valence-corrected chi connectivity index (χ0v) is 13.5. The summed E-state index contributed by atoms with van der Waals surface area (Å²) in [5.41, 5.74) is 13.4. The van der Waals surface area contributed by atoms with Crippen LogP contribution in [0, 0.1) is 0 Å². The maximum absolute atomic E-state index is 11.8. The summed E-state index contributed by atoms with van der Waals surface area (Å²) in [5.74, 6) is -0.936. The predicted molar refractivity (Wildman–Crippen MR) is 85.4 cm³/mol. The van der Waals surface area contributed by atoms with Crippen LogP contribution in [0.25, 0.3) is 0 Å². The van der Waals surface area contributed by atoms with Crippen molar-refractivity contribution < 1.29 is 28.9 Å². The number of carbonyl (C=O) groups excluding carboxylic acids is 2. The Hall–Kier alpha value is -2.90. The quantitative estimate of drug-likeness (QED) is 0.398. The summed E-state index contributed by atoms with van der Waals surface area (Å²) in [6.45, 7) is 0.00130. The Morgan fingerprint density at radius 1 is 1.38 bits per heavy atom. The molecule has 1 aromatic rings. The van der Waals surface area contributed by atoms with Crippen LogP contribution in [0.3, 0.4) is 0 Å². The van der Waals surface area contributed by atoms with Gasteiger partial charge in [-0.25, -0.2) is 4.79 Å². The van der Waals surface area contributed by atoms with E-state index >= 15 is 0 Å². The fraction of sp³-hybridized carbons (Fsp3) is 0.375. The molecule has 1 aliphatic heterocycles. The molecule has 5 N–H and O–H groups in total. The number of phenolic OH excluding ortho intramolecular Hbond substituents is 1. The molecule has 2 rings (SSSR count). The third kappa shape index (κ3) is 3.22. The van der Waals surface area contributed by atoms with E-state index in [0.717, 1.165) is 0 Å². The molecular weight excluding hydrogens is 316 g/mol. The molecule has 24 heavy (non-hydrogen) atoms. The highest BCUT2D eigenvalue weighted by molar-refractivity contribution is 6.00. The Morgan fingerprint density at radius 2 is 2.08 bits per heavy atom. The van der Waals surface area contributed by atoms with Crippen LogP contribution in [-0.2, 0) is 27.3 Å². The summed E-state index contributed by atoms with van der Waals surface area (Å²) in [6, 6.07) is 0. The number of ether oxygens (including phenoxy) is 3. The first-order valence-corrected chi connectivity index (χ1v) is 7.29. The number of anilines is 1. The Morgan fingerprint density at radius 3 is 2.71 bits per heavy atom. The second kappa shape index (κ2) is 7.12. The van der Waals surface area contributed by atoms with Crippen LogP contribution < -0.4 is 16.2 Å². The molecule has 0 fully saturated rings. The van der Waals surface area contributed by atoms with Crippen molar-refractivity contribution in [3.05, 3.63) is 28.5 Å². The van der Waals surface area contributed by atoms with Gasteiger partial charge in [-0.05, 0) is 12.8 Å². The molecule has 0 aliphatic carbocycles. The zero-order chi connectivity index (χ0) is 17.9. The van der Waals surface area contributed by atoms with E-state index in [1.807, 2.05) is 0 Å². The van der Waals surface area contributed by atoms with Crippen LogP contribution in [-0.4, -0.2) is 31.3 Å². The highest BCUT2D eigenvalue weighted by atomic mass is 16.5. The van der Waals surface area contributed by atoms with E-state index in [0.29, 0.717) is 23.2 Å². The molecule has 0 bridgehead atoms. The fourth-order valence-electron chi connectivity index (χ4n) is 2.52. The summed E-state index contributed by atoms with van der Waals surface area (Å²) in [7, 11) is 2.72. The van der Waals surface area contributed by atoms with E-state index in [1.54, 1.807) is 6.08 Å². The minimum absolute atomic E-state index is 0.00130. The van der Waals surface area contributed by atoms with E-state index < -0.39 is 5.97 Å². The first-order valence-electron chi connectivity index (χ1n) is 7.29. The van der Waals surface area contributed by atoms with Crippen LogP contribution >= 0.6 is 0 Å². The van der Waals surface area contributed by atoms with Crippen molar-refractivity contribution in [2.24, 2.45) is 5.73 Å². The number of hydrogen-bond donors (Lipinski definition) is 3. The van der Waals surface area contributed by atoms with Crippen molar-refractivity contribution in [3.63, 3.8) is 0 Å². The van der Waals surface area contributed by atoms with Gasteiger partial charge >= 0.3 is 11.9 Å². The van der Waals surface area contributed by atoms with Gasteiger partial charge in [0.2, 0.25) is 0 Å². The van der Waals surface area contributed by atoms with E-state index in [2.05, 4.69) is 4.74 Å². The van der Waals surface area contributed by atoms with E-state index in [4.69, 9.17) is 20.9 Å². The third-order valence-corrected chi connectivity index (χ3v) is 3.84. The highest BCUT2D eigenvalue weighted by Crippen LogP contribution is 2.44. The maximum Gasteiger partial charge on any atom is 0.342 e. The number of esters is 2. The summed E-state index contributed by atoms with van der Waals surface area (Å²) >= 11 is 0. The van der Waals surface area contributed by atoms with Crippen LogP contribution in [0.4, 0.5) is 5.69 Å². The molecule has 0 saturated carbocycles. The number of phenols is 1. The van der Waals surface area contributed by atoms with Gasteiger partial charge in [-0.3, -0.25) is 4.79 Å². The number of allylic oxidation sites excluding steroid dienone is 2. The number of benzene rings is 1. The number of fused-ring (bicyclic) bond motifs is 1. The topological polar surface area (TPSA) is 134 Å². The van der Waals surface area contributed by atoms with Gasteiger partial charge in [0.05, 0.1) is 26.3 Å². The Bertz CT molecular complexity index is 711. The number of nitrogen functional groups attached to an aromatic ring is 1. The van der Waals surface area contributed by atoms with E-state index in [9.17, 15) is 14.7 Å². The zero-order valence-electron chi connectivity index (χ0n) is 13.5. The van der Waals surface area contributed by atoms with Crippen LogP contribution in [0.15, 0.2) is 11.8 Å². The second-order valence-corrected chi connectivity index (χ2v) is 5.26. The molecule has 0 radical (unpaired) electrons.